The smallest absolute Gasteiger partial charge is 0.229 e. The van der Waals surface area contributed by atoms with Gasteiger partial charge in [0.2, 0.25) is 11.8 Å². The van der Waals surface area contributed by atoms with E-state index in [-0.39, 0.29) is 30.4 Å². The van der Waals surface area contributed by atoms with Crippen LogP contribution in [0.2, 0.25) is 0 Å². The van der Waals surface area contributed by atoms with Gasteiger partial charge in [0.05, 0.1) is 18.7 Å². The second kappa shape index (κ2) is 23.8. The number of nitrogens with zero attached hydrogens (tertiary/aromatic N) is 4. The van der Waals surface area contributed by atoms with Crippen molar-refractivity contribution in [1.29, 1.82) is 0 Å². The van der Waals surface area contributed by atoms with Crippen molar-refractivity contribution in [1.82, 2.24) is 10.2 Å². The molecule has 44 heavy (non-hydrogen) atoms. The number of amidine groups is 1. The molecule has 0 spiro atoms. The lowest BCUT2D eigenvalue weighted by Crippen LogP contribution is -2.44. The molecule has 0 atom stereocenters. The van der Waals surface area contributed by atoms with Crippen molar-refractivity contribution in [3.8, 4) is 0 Å². The van der Waals surface area contributed by atoms with E-state index < -0.39 is 0 Å². The first-order chi connectivity index (χ1) is 21.1. The summed E-state index contributed by atoms with van der Waals surface area (Å²) < 4.78 is 0. The molecule has 0 saturated carbocycles. The molecule has 2 N–H and O–H groups in total. The van der Waals surface area contributed by atoms with E-state index in [4.69, 9.17) is 10.1 Å². The first kappa shape index (κ1) is 41.5. The van der Waals surface area contributed by atoms with Crippen molar-refractivity contribution in [2.45, 2.75) is 119 Å². The first-order valence-corrected chi connectivity index (χ1v) is 17.1. The summed E-state index contributed by atoms with van der Waals surface area (Å²) >= 11 is 4.33. The molecule has 1 aliphatic heterocycles. The zero-order valence-electron chi connectivity index (χ0n) is 29.1. The Hall–Kier alpha value is -2.49. The number of carbonyl (C=O) groups is 2. The predicted octanol–water partition coefficient (Wildman–Crippen LogP) is 7.22. The maximum atomic E-state index is 12.9. The van der Waals surface area contributed by atoms with Gasteiger partial charge >= 0.3 is 0 Å². The van der Waals surface area contributed by atoms with Crippen LogP contribution in [0.3, 0.4) is 0 Å². The lowest BCUT2D eigenvalue weighted by molar-refractivity contribution is -0.121. The van der Waals surface area contributed by atoms with Gasteiger partial charge in [-0.1, -0.05) is 58.7 Å². The number of hydrogen-bond donors (Lipinski definition) is 3. The second-order valence-electron chi connectivity index (χ2n) is 11.4. The maximum Gasteiger partial charge on any atom is 0.229 e. The molecule has 2 rings (SSSR count). The molecule has 1 heterocycles. The molecule has 0 bridgehead atoms. The molecule has 8 nitrogen and oxygen atoms in total. The van der Waals surface area contributed by atoms with E-state index in [1.165, 1.54) is 12.5 Å². The molecule has 0 saturated heterocycles. The average molecular weight is 632 g/mol. The maximum absolute atomic E-state index is 12.9. The molecule has 1 aliphatic rings. The molecule has 0 radical (unpaired) electrons. The van der Waals surface area contributed by atoms with Gasteiger partial charge in [-0.05, 0) is 70.6 Å². The predicted molar refractivity (Wildman–Crippen MR) is 192 cm³/mol. The van der Waals surface area contributed by atoms with Crippen molar-refractivity contribution in [2.24, 2.45) is 9.98 Å². The molecule has 2 amide bonds. The van der Waals surface area contributed by atoms with Gasteiger partial charge in [0, 0.05) is 56.3 Å². The van der Waals surface area contributed by atoms with Gasteiger partial charge in [-0.25, -0.2) is 0 Å². The molecule has 0 fully saturated rings. The van der Waals surface area contributed by atoms with Crippen LogP contribution >= 0.6 is 12.6 Å². The number of anilines is 1. The minimum absolute atomic E-state index is 0.0159. The highest BCUT2D eigenvalue weighted by Gasteiger charge is 2.23. The highest BCUT2D eigenvalue weighted by atomic mass is 32.1. The Morgan fingerprint density at radius 1 is 1.07 bits per heavy atom. The van der Waals surface area contributed by atoms with Crippen molar-refractivity contribution < 1.29 is 14.7 Å². The molecule has 0 aliphatic carbocycles. The third kappa shape index (κ3) is 17.1. The van der Waals surface area contributed by atoms with Crippen LogP contribution in [0.25, 0.3) is 0 Å². The summed E-state index contributed by atoms with van der Waals surface area (Å²) in [5.74, 6) is 0.731. The number of benzene rings is 1. The molecular formula is C35H61N5O3S. The topological polar surface area (TPSA) is 97.6 Å². The van der Waals surface area contributed by atoms with Crippen LogP contribution in [-0.2, 0) is 16.0 Å². The number of unbranched alkanes of at least 4 members (excludes halogenated alkanes) is 1. The summed E-state index contributed by atoms with van der Waals surface area (Å²) in [6.07, 6.45) is 8.49. The number of aryl methyl sites for hydroxylation is 1. The Labute approximate surface area is 273 Å². The molecular weight excluding hydrogens is 570 g/mol. The summed E-state index contributed by atoms with van der Waals surface area (Å²) in [4.78, 5) is 39.0. The zero-order chi connectivity index (χ0) is 33.5. The summed E-state index contributed by atoms with van der Waals surface area (Å²) in [6.45, 7) is 19.5. The monoisotopic (exact) mass is 631 g/mol. The molecule has 250 valence electrons. The number of rotatable bonds is 15. The number of aliphatic imine (C=N–C) groups is 2. The van der Waals surface area contributed by atoms with E-state index in [9.17, 15) is 9.59 Å². The Bertz CT molecular complexity index is 1060. The quantitative estimate of drug-likeness (QED) is 0.0824. The van der Waals surface area contributed by atoms with Crippen LogP contribution in [0.4, 0.5) is 5.69 Å². The number of hydrogen-bond acceptors (Lipinski definition) is 7. The fourth-order valence-electron chi connectivity index (χ4n) is 4.56. The van der Waals surface area contributed by atoms with Gasteiger partial charge in [0.1, 0.15) is 5.84 Å². The third-order valence-corrected chi connectivity index (χ3v) is 7.02. The van der Waals surface area contributed by atoms with Gasteiger partial charge in [-0.2, -0.15) is 12.6 Å². The van der Waals surface area contributed by atoms with Gasteiger partial charge in [-0.15, -0.1) is 0 Å². The Morgan fingerprint density at radius 2 is 1.77 bits per heavy atom. The standard InChI is InChI=1S/C31H49N5O3S.2C2H6/c1-6-7-9-25-10-8-11-28(20-25)36(24(2)38)29(21-30(39)34-31(3,4)5)32-16-14-27-13-12-26(22-33-27)15-17-35(23-40)18-19-37;2*1-2/h8,10-11,20,22,37,40H,6-7,9,12-19,21,23H2,1-5H3,(H,34,39);2*1-2H3. The van der Waals surface area contributed by atoms with E-state index in [1.807, 2.05) is 72.9 Å². The van der Waals surface area contributed by atoms with Gasteiger partial charge in [0.15, 0.2) is 0 Å². The van der Waals surface area contributed by atoms with Crippen LogP contribution in [0.15, 0.2) is 46.0 Å². The van der Waals surface area contributed by atoms with Crippen molar-refractivity contribution in [3.63, 3.8) is 0 Å². The molecule has 0 unspecified atom stereocenters. The van der Waals surface area contributed by atoms with E-state index in [1.54, 1.807) is 4.90 Å². The van der Waals surface area contributed by atoms with Crippen molar-refractivity contribution in [2.75, 3.05) is 37.0 Å². The van der Waals surface area contributed by atoms with Gasteiger partial charge < -0.3 is 10.4 Å². The van der Waals surface area contributed by atoms with E-state index in [2.05, 4.69) is 40.8 Å². The summed E-state index contributed by atoms with van der Waals surface area (Å²) in [7, 11) is 0. The van der Waals surface area contributed by atoms with Crippen molar-refractivity contribution in [3.05, 3.63) is 41.6 Å². The SMILES string of the molecule is CC.CC.CCCCc1cccc(N(C(C)=O)C(CC(=O)NC(C)(C)C)=NCCC2=NC=C(CCN(CS)CCO)CC2)c1. The molecule has 1 aromatic carbocycles. The van der Waals surface area contributed by atoms with Gasteiger partial charge in [0.25, 0.3) is 0 Å². The van der Waals surface area contributed by atoms with Crippen LogP contribution in [-0.4, -0.2) is 71.0 Å². The lowest BCUT2D eigenvalue weighted by Gasteiger charge is -2.26. The van der Waals surface area contributed by atoms with Crippen molar-refractivity contribution >= 4 is 41.7 Å². The Morgan fingerprint density at radius 3 is 2.32 bits per heavy atom. The van der Waals surface area contributed by atoms with E-state index in [0.29, 0.717) is 31.2 Å². The van der Waals surface area contributed by atoms with Crippen LogP contribution in [0, 0.1) is 0 Å². The molecule has 0 aromatic heterocycles. The number of nitrogens with one attached hydrogen (secondary N) is 1. The minimum atomic E-state index is -0.383. The fraction of sp³-hybridized carbons (Fsp3) is 0.657. The lowest BCUT2D eigenvalue weighted by atomic mass is 10.0. The normalized spacial score (nSPS) is 13.1. The Kier molecular flexibility index (Phi) is 22.5. The second-order valence-corrected chi connectivity index (χ2v) is 11.6. The summed E-state index contributed by atoms with van der Waals surface area (Å²) in [5, 5.41) is 12.2. The summed E-state index contributed by atoms with van der Waals surface area (Å²) in [5.41, 5.74) is 3.89. The van der Waals surface area contributed by atoms with E-state index in [0.717, 1.165) is 62.0 Å². The highest BCUT2D eigenvalue weighted by molar-refractivity contribution is 7.80. The van der Waals surface area contributed by atoms with Crippen LogP contribution < -0.4 is 10.2 Å². The van der Waals surface area contributed by atoms with E-state index >= 15 is 0 Å². The highest BCUT2D eigenvalue weighted by Crippen LogP contribution is 2.21. The minimum Gasteiger partial charge on any atom is -0.395 e. The molecule has 9 heteroatoms. The Balaban J connectivity index is 0.00000443. The number of thiol groups is 1. The fourth-order valence-corrected chi connectivity index (χ4v) is 4.85. The number of amides is 2. The van der Waals surface area contributed by atoms with Crippen LogP contribution in [0.1, 0.15) is 113 Å². The average Bonchev–Trinajstić information content (AvgIpc) is 3.00. The summed E-state index contributed by atoms with van der Waals surface area (Å²) in [6, 6.07) is 7.97. The molecule has 1 aromatic rings. The van der Waals surface area contributed by atoms with Crippen LogP contribution in [0.5, 0.6) is 0 Å². The number of aliphatic hydroxyl groups excluding tert-OH is 1. The first-order valence-electron chi connectivity index (χ1n) is 16.5. The largest absolute Gasteiger partial charge is 0.395 e. The number of aliphatic hydroxyl groups is 1. The number of carbonyl (C=O) groups excluding carboxylic acids is 2. The van der Waals surface area contributed by atoms with Gasteiger partial charge in [-0.3, -0.25) is 29.4 Å². The third-order valence-electron chi connectivity index (χ3n) is 6.62. The zero-order valence-corrected chi connectivity index (χ0v) is 30.0.